The van der Waals surface area contributed by atoms with Crippen LogP contribution in [0.1, 0.15) is 38.5 Å². The van der Waals surface area contributed by atoms with Gasteiger partial charge in [0.15, 0.2) is 0 Å². The third kappa shape index (κ3) is 4.34. The largest absolute Gasteiger partial charge is 0.391 e. The first-order valence-electron chi connectivity index (χ1n) is 7.92. The minimum Gasteiger partial charge on any atom is -0.342 e. The molecule has 3 nitrogen and oxygen atoms in total. The number of carbonyl (C=O) groups excluding carboxylic acids is 1. The van der Waals surface area contributed by atoms with Gasteiger partial charge in [-0.1, -0.05) is 0 Å². The molecule has 1 heterocycles. The SMILES string of the molecule is CNCC1CCCN(C(=O)C2CCC(C(F)(F)F)CC2)C1. The second-order valence-corrected chi connectivity index (χ2v) is 6.44. The summed E-state index contributed by atoms with van der Waals surface area (Å²) in [4.78, 5) is 14.4. The Hall–Kier alpha value is -0.780. The Morgan fingerprint density at radius 3 is 2.43 bits per heavy atom. The number of hydrogen-bond donors (Lipinski definition) is 1. The Kier molecular flexibility index (Phi) is 5.52. The van der Waals surface area contributed by atoms with Gasteiger partial charge in [0.2, 0.25) is 5.91 Å². The number of carbonyl (C=O) groups is 1. The zero-order valence-electron chi connectivity index (χ0n) is 12.6. The molecule has 1 aliphatic carbocycles. The highest BCUT2D eigenvalue weighted by atomic mass is 19.4. The van der Waals surface area contributed by atoms with E-state index < -0.39 is 12.1 Å². The molecule has 1 aliphatic heterocycles. The fourth-order valence-corrected chi connectivity index (χ4v) is 3.65. The fraction of sp³-hybridized carbons (Fsp3) is 0.933. The monoisotopic (exact) mass is 306 g/mol. The van der Waals surface area contributed by atoms with Gasteiger partial charge >= 0.3 is 6.18 Å². The van der Waals surface area contributed by atoms with Crippen molar-refractivity contribution >= 4 is 5.91 Å². The van der Waals surface area contributed by atoms with E-state index >= 15 is 0 Å². The molecular formula is C15H25F3N2O. The van der Waals surface area contributed by atoms with Gasteiger partial charge in [0.25, 0.3) is 0 Å². The number of alkyl halides is 3. The molecule has 1 amide bonds. The maximum Gasteiger partial charge on any atom is 0.391 e. The zero-order chi connectivity index (χ0) is 15.5. The van der Waals surface area contributed by atoms with Gasteiger partial charge in [-0.25, -0.2) is 0 Å². The molecule has 21 heavy (non-hydrogen) atoms. The molecule has 0 spiro atoms. The Morgan fingerprint density at radius 2 is 1.86 bits per heavy atom. The van der Waals surface area contributed by atoms with Crippen molar-refractivity contribution in [3.63, 3.8) is 0 Å². The molecule has 6 heteroatoms. The molecule has 122 valence electrons. The highest BCUT2D eigenvalue weighted by Gasteiger charge is 2.43. The van der Waals surface area contributed by atoms with E-state index in [4.69, 9.17) is 0 Å². The van der Waals surface area contributed by atoms with Gasteiger partial charge in [-0.05, 0) is 58.0 Å². The number of hydrogen-bond acceptors (Lipinski definition) is 2. The van der Waals surface area contributed by atoms with Crippen molar-refractivity contribution in [2.75, 3.05) is 26.7 Å². The van der Waals surface area contributed by atoms with Gasteiger partial charge in [0, 0.05) is 19.0 Å². The van der Waals surface area contributed by atoms with Crippen molar-refractivity contribution < 1.29 is 18.0 Å². The van der Waals surface area contributed by atoms with Crippen LogP contribution in [0.4, 0.5) is 13.2 Å². The summed E-state index contributed by atoms with van der Waals surface area (Å²) in [5.41, 5.74) is 0. The van der Waals surface area contributed by atoms with Crippen LogP contribution in [0.3, 0.4) is 0 Å². The standard InChI is InChI=1S/C15H25F3N2O/c1-19-9-11-3-2-8-20(10-11)14(21)12-4-6-13(7-5-12)15(16,17)18/h11-13,19H,2-10H2,1H3. The molecule has 0 bridgehead atoms. The zero-order valence-corrected chi connectivity index (χ0v) is 12.6. The maximum atomic E-state index is 12.7. The number of nitrogens with zero attached hydrogens (tertiary/aromatic N) is 1. The van der Waals surface area contributed by atoms with Crippen molar-refractivity contribution in [3.8, 4) is 0 Å². The number of amides is 1. The Balaban J connectivity index is 1.84. The van der Waals surface area contributed by atoms with Crippen LogP contribution in [0, 0.1) is 17.8 Å². The van der Waals surface area contributed by atoms with Crippen LogP contribution in [0.25, 0.3) is 0 Å². The lowest BCUT2D eigenvalue weighted by atomic mass is 9.80. The first kappa shape index (κ1) is 16.6. The Labute approximate surface area is 124 Å². The van der Waals surface area contributed by atoms with Crippen molar-refractivity contribution in [2.45, 2.75) is 44.7 Å². The summed E-state index contributed by atoms with van der Waals surface area (Å²) in [5.74, 6) is -0.854. The molecule has 1 saturated heterocycles. The van der Waals surface area contributed by atoms with E-state index in [0.29, 0.717) is 18.8 Å². The van der Waals surface area contributed by atoms with E-state index in [2.05, 4.69) is 5.32 Å². The second kappa shape index (κ2) is 6.99. The summed E-state index contributed by atoms with van der Waals surface area (Å²) in [6.45, 7) is 2.40. The number of nitrogens with one attached hydrogen (secondary N) is 1. The number of halogens is 3. The summed E-state index contributed by atoms with van der Waals surface area (Å²) in [6.07, 6.45) is -1.01. The molecule has 2 aliphatic rings. The van der Waals surface area contributed by atoms with Crippen molar-refractivity contribution in [1.82, 2.24) is 10.2 Å². The summed E-state index contributed by atoms with van der Waals surface area (Å²) in [6, 6.07) is 0. The van der Waals surface area contributed by atoms with Crippen LogP contribution in [-0.2, 0) is 4.79 Å². The van der Waals surface area contributed by atoms with Crippen molar-refractivity contribution in [3.05, 3.63) is 0 Å². The smallest absolute Gasteiger partial charge is 0.342 e. The number of rotatable bonds is 3. The minimum absolute atomic E-state index is 0.0800. The molecule has 2 rings (SSSR count). The fourth-order valence-electron chi connectivity index (χ4n) is 3.65. The molecule has 1 atom stereocenters. The number of likely N-dealkylation sites (tertiary alicyclic amines) is 1. The molecule has 1 N–H and O–H groups in total. The molecule has 2 fully saturated rings. The van der Waals surface area contributed by atoms with Crippen LogP contribution >= 0.6 is 0 Å². The summed E-state index contributed by atoms with van der Waals surface area (Å²) in [5, 5.41) is 3.14. The van der Waals surface area contributed by atoms with E-state index in [-0.39, 0.29) is 24.7 Å². The molecular weight excluding hydrogens is 281 g/mol. The van der Waals surface area contributed by atoms with Crippen LogP contribution in [0.5, 0.6) is 0 Å². The molecule has 1 unspecified atom stereocenters. The lowest BCUT2D eigenvalue weighted by Gasteiger charge is -2.37. The average Bonchev–Trinajstić information content (AvgIpc) is 2.46. The first-order chi connectivity index (χ1) is 9.91. The lowest BCUT2D eigenvalue weighted by Crippen LogP contribution is -2.46. The van der Waals surface area contributed by atoms with E-state index in [0.717, 1.165) is 32.5 Å². The predicted octanol–water partition coefficient (Wildman–Crippen LogP) is 2.81. The van der Waals surface area contributed by atoms with Crippen LogP contribution < -0.4 is 5.32 Å². The molecule has 0 aromatic heterocycles. The summed E-state index contributed by atoms with van der Waals surface area (Å²) < 4.78 is 38.0. The maximum absolute atomic E-state index is 12.7. The molecule has 1 saturated carbocycles. The molecule has 0 radical (unpaired) electrons. The first-order valence-corrected chi connectivity index (χ1v) is 7.92. The Bertz CT molecular complexity index is 349. The van der Waals surface area contributed by atoms with Crippen LogP contribution in [0.15, 0.2) is 0 Å². The molecule has 0 aromatic carbocycles. The van der Waals surface area contributed by atoms with Crippen molar-refractivity contribution in [2.24, 2.45) is 17.8 Å². The Morgan fingerprint density at radius 1 is 1.19 bits per heavy atom. The topological polar surface area (TPSA) is 32.3 Å². The predicted molar refractivity (Wildman–Crippen MR) is 74.7 cm³/mol. The van der Waals surface area contributed by atoms with Gasteiger partial charge in [-0.15, -0.1) is 0 Å². The highest BCUT2D eigenvalue weighted by Crippen LogP contribution is 2.40. The van der Waals surface area contributed by atoms with Gasteiger partial charge in [-0.2, -0.15) is 13.2 Å². The van der Waals surface area contributed by atoms with Gasteiger partial charge in [-0.3, -0.25) is 4.79 Å². The minimum atomic E-state index is -4.10. The average molecular weight is 306 g/mol. The summed E-state index contributed by atoms with van der Waals surface area (Å²) in [7, 11) is 1.90. The molecule has 0 aromatic rings. The summed E-state index contributed by atoms with van der Waals surface area (Å²) >= 11 is 0. The quantitative estimate of drug-likeness (QED) is 0.869. The normalized spacial score (nSPS) is 31.2. The van der Waals surface area contributed by atoms with E-state index in [1.54, 1.807) is 0 Å². The lowest BCUT2D eigenvalue weighted by molar-refractivity contribution is -0.185. The van der Waals surface area contributed by atoms with Crippen LogP contribution in [-0.4, -0.2) is 43.7 Å². The van der Waals surface area contributed by atoms with Crippen LogP contribution in [0.2, 0.25) is 0 Å². The third-order valence-electron chi connectivity index (χ3n) is 4.86. The van der Waals surface area contributed by atoms with Gasteiger partial charge in [0.1, 0.15) is 0 Å². The van der Waals surface area contributed by atoms with E-state index in [1.807, 2.05) is 11.9 Å². The van der Waals surface area contributed by atoms with E-state index in [9.17, 15) is 18.0 Å². The van der Waals surface area contributed by atoms with Gasteiger partial charge < -0.3 is 10.2 Å². The second-order valence-electron chi connectivity index (χ2n) is 6.44. The number of piperidine rings is 1. The van der Waals surface area contributed by atoms with E-state index in [1.165, 1.54) is 0 Å². The third-order valence-corrected chi connectivity index (χ3v) is 4.86. The van der Waals surface area contributed by atoms with Gasteiger partial charge in [0.05, 0.1) is 5.92 Å². The van der Waals surface area contributed by atoms with Crippen molar-refractivity contribution in [1.29, 1.82) is 0 Å². The highest BCUT2D eigenvalue weighted by molar-refractivity contribution is 5.79.